The summed E-state index contributed by atoms with van der Waals surface area (Å²) in [5.41, 5.74) is 4.73. The summed E-state index contributed by atoms with van der Waals surface area (Å²) < 4.78 is 14.7. The van der Waals surface area contributed by atoms with Crippen LogP contribution in [0.5, 0.6) is 0 Å². The molecule has 0 radical (unpaired) electrons. The molecule has 0 N–H and O–H groups in total. The van der Waals surface area contributed by atoms with Crippen molar-refractivity contribution in [3.05, 3.63) is 106 Å². The minimum absolute atomic E-state index is 0.166. The lowest BCUT2D eigenvalue weighted by Gasteiger charge is -2.30. The van der Waals surface area contributed by atoms with Crippen molar-refractivity contribution in [3.8, 4) is 6.07 Å². The van der Waals surface area contributed by atoms with Crippen LogP contribution in [0.25, 0.3) is 12.2 Å². The van der Waals surface area contributed by atoms with Gasteiger partial charge in [-0.05, 0) is 71.9 Å². The molecule has 174 valence electrons. The first kappa shape index (κ1) is 24.0. The zero-order valence-electron chi connectivity index (χ0n) is 20.1. The maximum atomic E-state index is 14.7. The van der Waals surface area contributed by atoms with Crippen LogP contribution in [0.1, 0.15) is 79.2 Å². The Labute approximate surface area is 204 Å². The molecule has 1 aliphatic rings. The van der Waals surface area contributed by atoms with E-state index in [0.717, 1.165) is 35.8 Å². The molecular weight excluding hydrogens is 417 g/mol. The van der Waals surface area contributed by atoms with E-state index in [2.05, 4.69) is 49.4 Å². The average molecular weight is 452 g/mol. The average Bonchev–Trinajstić information content (AvgIpc) is 2.88. The first-order chi connectivity index (χ1) is 16.6. The van der Waals surface area contributed by atoms with Crippen LogP contribution >= 0.6 is 0 Å². The summed E-state index contributed by atoms with van der Waals surface area (Å²) in [6.45, 7) is 2.36. The van der Waals surface area contributed by atoms with E-state index in [1.165, 1.54) is 37.7 Å². The van der Waals surface area contributed by atoms with Gasteiger partial charge in [0.2, 0.25) is 0 Å². The molecule has 1 unspecified atom stereocenters. The van der Waals surface area contributed by atoms with Crippen molar-refractivity contribution in [1.82, 2.24) is 0 Å². The summed E-state index contributed by atoms with van der Waals surface area (Å²) in [4.78, 5) is 0. The highest BCUT2D eigenvalue weighted by Crippen LogP contribution is 2.37. The SMILES string of the molecule is CC(CC1CCC(CCc2ccc(/C=C/c3ccc(C#N)cc3)c(F)c2)CC1)c1ccccc1. The number of benzene rings is 3. The molecule has 3 aromatic carbocycles. The number of hydrogen-bond donors (Lipinski definition) is 0. The smallest absolute Gasteiger partial charge is 0.130 e. The maximum absolute atomic E-state index is 14.7. The topological polar surface area (TPSA) is 23.8 Å². The van der Waals surface area contributed by atoms with Crippen LogP contribution in [-0.2, 0) is 6.42 Å². The molecule has 1 fully saturated rings. The lowest BCUT2D eigenvalue weighted by molar-refractivity contribution is 0.245. The Morgan fingerprint density at radius 2 is 1.62 bits per heavy atom. The van der Waals surface area contributed by atoms with Gasteiger partial charge in [-0.1, -0.05) is 99.4 Å². The van der Waals surface area contributed by atoms with E-state index in [4.69, 9.17) is 5.26 Å². The van der Waals surface area contributed by atoms with Crippen molar-refractivity contribution in [1.29, 1.82) is 5.26 Å². The Morgan fingerprint density at radius 1 is 0.912 bits per heavy atom. The van der Waals surface area contributed by atoms with E-state index in [1.807, 2.05) is 24.3 Å². The summed E-state index contributed by atoms with van der Waals surface area (Å²) in [7, 11) is 0. The molecule has 0 saturated heterocycles. The van der Waals surface area contributed by atoms with Crippen molar-refractivity contribution < 1.29 is 4.39 Å². The van der Waals surface area contributed by atoms with Gasteiger partial charge >= 0.3 is 0 Å². The minimum Gasteiger partial charge on any atom is -0.206 e. The number of hydrogen-bond acceptors (Lipinski definition) is 1. The van der Waals surface area contributed by atoms with Gasteiger partial charge in [0, 0.05) is 5.56 Å². The Balaban J connectivity index is 1.23. The fourth-order valence-corrected chi connectivity index (χ4v) is 5.26. The van der Waals surface area contributed by atoms with E-state index in [-0.39, 0.29) is 5.82 Å². The fourth-order valence-electron chi connectivity index (χ4n) is 5.26. The molecule has 0 aliphatic heterocycles. The van der Waals surface area contributed by atoms with Crippen LogP contribution < -0.4 is 0 Å². The van der Waals surface area contributed by atoms with E-state index >= 15 is 0 Å². The molecule has 0 heterocycles. The molecule has 3 aromatic rings. The number of nitrogens with zero attached hydrogens (tertiary/aromatic N) is 1. The van der Waals surface area contributed by atoms with Gasteiger partial charge in [-0.3, -0.25) is 0 Å². The summed E-state index contributed by atoms with van der Waals surface area (Å²) in [6, 6.07) is 25.9. The lowest BCUT2D eigenvalue weighted by Crippen LogP contribution is -2.17. The van der Waals surface area contributed by atoms with Crippen molar-refractivity contribution >= 4 is 12.2 Å². The van der Waals surface area contributed by atoms with Crippen molar-refractivity contribution in [2.24, 2.45) is 11.8 Å². The molecule has 2 heteroatoms. The Kier molecular flexibility index (Phi) is 8.31. The minimum atomic E-state index is -0.166. The normalized spacial score (nSPS) is 19.1. The van der Waals surface area contributed by atoms with Gasteiger partial charge in [0.15, 0.2) is 0 Å². The van der Waals surface area contributed by atoms with E-state index in [9.17, 15) is 4.39 Å². The van der Waals surface area contributed by atoms with Crippen LogP contribution in [0.3, 0.4) is 0 Å². The first-order valence-corrected chi connectivity index (χ1v) is 12.6. The molecule has 1 nitrogen and oxygen atoms in total. The standard InChI is InChI=1S/C32H34FN/c1-24(30-5-3-2-4-6-30)21-27-12-7-25(8-13-27)9-14-28-18-20-31(32(33)22-28)19-17-26-10-15-29(23-34)16-11-26/h2-6,10-11,15-20,22,24-25,27H,7-9,12-14,21H2,1H3/b19-17+. The largest absolute Gasteiger partial charge is 0.206 e. The Hall–Kier alpha value is -3.18. The van der Waals surface area contributed by atoms with Crippen molar-refractivity contribution in [2.45, 2.75) is 57.8 Å². The molecule has 4 rings (SSSR count). The predicted octanol–water partition coefficient (Wildman–Crippen LogP) is 8.80. The quantitative estimate of drug-likeness (QED) is 0.314. The third kappa shape index (κ3) is 6.67. The van der Waals surface area contributed by atoms with Gasteiger partial charge in [-0.25, -0.2) is 4.39 Å². The van der Waals surface area contributed by atoms with E-state index in [1.54, 1.807) is 24.3 Å². The maximum Gasteiger partial charge on any atom is 0.130 e. The molecule has 1 aliphatic carbocycles. The lowest BCUT2D eigenvalue weighted by atomic mass is 9.75. The third-order valence-electron chi connectivity index (χ3n) is 7.42. The second kappa shape index (κ2) is 11.8. The highest BCUT2D eigenvalue weighted by atomic mass is 19.1. The highest BCUT2D eigenvalue weighted by Gasteiger charge is 2.23. The molecule has 1 atom stereocenters. The number of aryl methyl sites for hydroxylation is 1. The number of halogens is 1. The van der Waals surface area contributed by atoms with Gasteiger partial charge in [0.05, 0.1) is 11.6 Å². The van der Waals surface area contributed by atoms with Gasteiger partial charge in [-0.2, -0.15) is 5.26 Å². The molecule has 0 bridgehead atoms. The Morgan fingerprint density at radius 3 is 2.29 bits per heavy atom. The number of nitriles is 1. The summed E-state index contributed by atoms with van der Waals surface area (Å²) in [5, 5.41) is 8.89. The highest BCUT2D eigenvalue weighted by molar-refractivity contribution is 5.70. The van der Waals surface area contributed by atoms with Gasteiger partial charge in [-0.15, -0.1) is 0 Å². The summed E-state index contributed by atoms with van der Waals surface area (Å²) in [5.74, 6) is 2.07. The monoisotopic (exact) mass is 451 g/mol. The molecule has 0 aromatic heterocycles. The van der Waals surface area contributed by atoms with Crippen molar-refractivity contribution in [2.75, 3.05) is 0 Å². The summed E-state index contributed by atoms with van der Waals surface area (Å²) >= 11 is 0. The first-order valence-electron chi connectivity index (χ1n) is 12.6. The zero-order chi connectivity index (χ0) is 23.8. The van der Waals surface area contributed by atoms with E-state index in [0.29, 0.717) is 17.0 Å². The van der Waals surface area contributed by atoms with Crippen LogP contribution in [-0.4, -0.2) is 0 Å². The second-order valence-electron chi connectivity index (χ2n) is 9.90. The second-order valence-corrected chi connectivity index (χ2v) is 9.90. The van der Waals surface area contributed by atoms with Gasteiger partial charge in [0.25, 0.3) is 0 Å². The van der Waals surface area contributed by atoms with Gasteiger partial charge < -0.3 is 0 Å². The predicted molar refractivity (Wildman–Crippen MR) is 140 cm³/mol. The van der Waals surface area contributed by atoms with Crippen LogP contribution in [0, 0.1) is 29.0 Å². The molecular formula is C32H34FN. The van der Waals surface area contributed by atoms with Crippen molar-refractivity contribution in [3.63, 3.8) is 0 Å². The third-order valence-corrected chi connectivity index (χ3v) is 7.42. The molecule has 1 saturated carbocycles. The molecule has 0 spiro atoms. The summed E-state index contributed by atoms with van der Waals surface area (Å²) in [6.07, 6.45) is 12.4. The number of rotatable bonds is 8. The van der Waals surface area contributed by atoms with Gasteiger partial charge in [0.1, 0.15) is 5.82 Å². The molecule has 34 heavy (non-hydrogen) atoms. The fraction of sp³-hybridized carbons (Fsp3) is 0.344. The van der Waals surface area contributed by atoms with E-state index < -0.39 is 0 Å². The molecule has 0 amide bonds. The Bertz CT molecular complexity index is 1120. The van der Waals surface area contributed by atoms with Crippen LogP contribution in [0.4, 0.5) is 4.39 Å². The zero-order valence-corrected chi connectivity index (χ0v) is 20.1. The van der Waals surface area contributed by atoms with Crippen LogP contribution in [0.2, 0.25) is 0 Å². The van der Waals surface area contributed by atoms with Crippen LogP contribution in [0.15, 0.2) is 72.8 Å².